The molecule has 0 rings (SSSR count). The number of hydrogen-bond acceptors (Lipinski definition) is 3. The molecule has 0 saturated heterocycles. The molecular weight excluding hydrogens is 168 g/mol. The zero-order valence-electron chi connectivity index (χ0n) is 5.94. The predicted molar refractivity (Wildman–Crippen MR) is 39.7 cm³/mol. The summed E-state index contributed by atoms with van der Waals surface area (Å²) < 4.78 is 21.7. The van der Waals surface area contributed by atoms with E-state index in [0.29, 0.717) is 0 Å². The molecule has 0 amide bonds. The lowest BCUT2D eigenvalue weighted by molar-refractivity contribution is -0.136. The molecule has 1 atom stereocenters. The van der Waals surface area contributed by atoms with Crippen molar-refractivity contribution in [3.8, 4) is 12.3 Å². The second kappa shape index (κ2) is 3.39. The van der Waals surface area contributed by atoms with Crippen molar-refractivity contribution in [3.05, 3.63) is 0 Å². The molecule has 0 aliphatic rings. The number of carbonyl (C=O) groups is 1. The van der Waals surface area contributed by atoms with E-state index in [-0.39, 0.29) is 0 Å². The van der Waals surface area contributed by atoms with Gasteiger partial charge >= 0.3 is 5.97 Å². The number of carboxylic acids is 1. The standard InChI is InChI=1S/C6H8O4S/c1-3-4-11(9,10)5(2)6(7)8/h1,5H,4H2,2H3,(H,7,8). The average molecular weight is 176 g/mol. The summed E-state index contributed by atoms with van der Waals surface area (Å²) in [6.45, 7) is 1.09. The first-order valence-electron chi connectivity index (χ1n) is 2.79. The zero-order valence-corrected chi connectivity index (χ0v) is 6.76. The maximum Gasteiger partial charge on any atom is 0.321 e. The number of carboxylic acid groups (broad SMARTS) is 1. The van der Waals surface area contributed by atoms with Crippen molar-refractivity contribution in [1.82, 2.24) is 0 Å². The molecule has 0 aromatic heterocycles. The summed E-state index contributed by atoms with van der Waals surface area (Å²) in [6.07, 6.45) is 4.73. The molecule has 1 N–H and O–H groups in total. The maximum absolute atomic E-state index is 10.8. The second-order valence-electron chi connectivity index (χ2n) is 1.99. The van der Waals surface area contributed by atoms with Crippen LogP contribution >= 0.6 is 0 Å². The van der Waals surface area contributed by atoms with E-state index in [0.717, 1.165) is 6.92 Å². The fourth-order valence-electron chi connectivity index (χ4n) is 0.395. The van der Waals surface area contributed by atoms with Gasteiger partial charge in [-0.3, -0.25) is 4.79 Å². The molecule has 5 heteroatoms. The van der Waals surface area contributed by atoms with Gasteiger partial charge in [0.05, 0.1) is 0 Å². The summed E-state index contributed by atoms with van der Waals surface area (Å²) in [5, 5.41) is 6.88. The van der Waals surface area contributed by atoms with Gasteiger partial charge in [-0.2, -0.15) is 0 Å². The predicted octanol–water partition coefficient (Wildman–Crippen LogP) is -0.492. The number of hydrogen-bond donors (Lipinski definition) is 1. The summed E-state index contributed by atoms with van der Waals surface area (Å²) in [4.78, 5) is 10.2. The van der Waals surface area contributed by atoms with Gasteiger partial charge in [0, 0.05) is 0 Å². The van der Waals surface area contributed by atoms with Gasteiger partial charge in [-0.25, -0.2) is 8.42 Å². The van der Waals surface area contributed by atoms with Crippen molar-refractivity contribution in [2.45, 2.75) is 12.2 Å². The van der Waals surface area contributed by atoms with Crippen LogP contribution in [0.2, 0.25) is 0 Å². The first-order chi connectivity index (χ1) is 4.91. The van der Waals surface area contributed by atoms with Gasteiger partial charge in [0.15, 0.2) is 15.1 Å². The lowest BCUT2D eigenvalue weighted by atomic mass is 10.5. The van der Waals surface area contributed by atoms with Crippen LogP contribution in [0.1, 0.15) is 6.92 Å². The Bertz CT molecular complexity index is 282. The van der Waals surface area contributed by atoms with Crippen molar-refractivity contribution < 1.29 is 18.3 Å². The third-order valence-corrected chi connectivity index (χ3v) is 3.02. The van der Waals surface area contributed by atoms with E-state index in [2.05, 4.69) is 0 Å². The average Bonchev–Trinajstić information content (AvgIpc) is 1.86. The monoisotopic (exact) mass is 176 g/mol. The van der Waals surface area contributed by atoms with Crippen molar-refractivity contribution in [2.24, 2.45) is 0 Å². The summed E-state index contributed by atoms with van der Waals surface area (Å²) in [5.41, 5.74) is 0. The van der Waals surface area contributed by atoms with E-state index in [9.17, 15) is 13.2 Å². The minimum absolute atomic E-state index is 0.527. The summed E-state index contributed by atoms with van der Waals surface area (Å²) in [6, 6.07) is 0. The van der Waals surface area contributed by atoms with Gasteiger partial charge < -0.3 is 5.11 Å². The van der Waals surface area contributed by atoms with E-state index < -0.39 is 26.8 Å². The Morgan fingerprint density at radius 3 is 2.45 bits per heavy atom. The van der Waals surface area contributed by atoms with E-state index in [1.807, 2.05) is 5.92 Å². The molecule has 0 spiro atoms. The van der Waals surface area contributed by atoms with Gasteiger partial charge in [-0.15, -0.1) is 6.42 Å². The van der Waals surface area contributed by atoms with Crippen LogP contribution in [0.5, 0.6) is 0 Å². The summed E-state index contributed by atoms with van der Waals surface area (Å²) >= 11 is 0. The Morgan fingerprint density at radius 1 is 1.73 bits per heavy atom. The lowest BCUT2D eigenvalue weighted by Crippen LogP contribution is -2.28. The number of rotatable bonds is 3. The minimum atomic E-state index is -3.65. The van der Waals surface area contributed by atoms with Crippen molar-refractivity contribution in [2.75, 3.05) is 5.75 Å². The molecule has 11 heavy (non-hydrogen) atoms. The molecule has 0 aliphatic heterocycles. The lowest BCUT2D eigenvalue weighted by Gasteiger charge is -2.03. The third-order valence-electron chi connectivity index (χ3n) is 1.17. The number of sulfone groups is 1. The molecule has 0 aromatic rings. The van der Waals surface area contributed by atoms with Crippen molar-refractivity contribution >= 4 is 15.8 Å². The molecule has 0 heterocycles. The van der Waals surface area contributed by atoms with Crippen LogP contribution in [0.15, 0.2) is 0 Å². The Hall–Kier alpha value is -1.02. The molecule has 0 bridgehead atoms. The molecule has 62 valence electrons. The van der Waals surface area contributed by atoms with Gasteiger partial charge in [-0.1, -0.05) is 5.92 Å². The highest BCUT2D eigenvalue weighted by Crippen LogP contribution is 2.00. The van der Waals surface area contributed by atoms with Crippen molar-refractivity contribution in [1.29, 1.82) is 0 Å². The minimum Gasteiger partial charge on any atom is -0.480 e. The smallest absolute Gasteiger partial charge is 0.321 e. The molecule has 0 radical (unpaired) electrons. The highest BCUT2D eigenvalue weighted by atomic mass is 32.2. The Balaban J connectivity index is 4.61. The van der Waals surface area contributed by atoms with Crippen LogP contribution in [0.4, 0.5) is 0 Å². The fraction of sp³-hybridized carbons (Fsp3) is 0.500. The maximum atomic E-state index is 10.8. The fourth-order valence-corrected chi connectivity index (χ4v) is 1.18. The Labute approximate surface area is 65.1 Å². The topological polar surface area (TPSA) is 71.4 Å². The number of terminal acetylenes is 1. The van der Waals surface area contributed by atoms with Crippen LogP contribution in [0.25, 0.3) is 0 Å². The van der Waals surface area contributed by atoms with Crippen LogP contribution < -0.4 is 0 Å². The zero-order chi connectivity index (χ0) is 9.07. The number of aliphatic carboxylic acids is 1. The first-order valence-corrected chi connectivity index (χ1v) is 4.51. The quantitative estimate of drug-likeness (QED) is 0.589. The largest absolute Gasteiger partial charge is 0.480 e. The molecule has 0 saturated carbocycles. The van der Waals surface area contributed by atoms with Crippen LogP contribution in [0, 0.1) is 12.3 Å². The summed E-state index contributed by atoms with van der Waals surface area (Å²) in [5.74, 6) is -0.00963. The van der Waals surface area contributed by atoms with Crippen LogP contribution in [0.3, 0.4) is 0 Å². The molecule has 4 nitrogen and oxygen atoms in total. The molecular formula is C6H8O4S. The highest BCUT2D eigenvalue weighted by Gasteiger charge is 2.26. The SMILES string of the molecule is C#CCS(=O)(=O)C(C)C(=O)O. The van der Waals surface area contributed by atoms with E-state index >= 15 is 0 Å². The Kier molecular flexibility index (Phi) is 3.08. The van der Waals surface area contributed by atoms with Gasteiger partial charge in [0.25, 0.3) is 0 Å². The normalized spacial score (nSPS) is 13.5. The first kappa shape index (κ1) is 9.98. The van der Waals surface area contributed by atoms with E-state index in [4.69, 9.17) is 11.5 Å². The second-order valence-corrected chi connectivity index (χ2v) is 4.31. The molecule has 0 fully saturated rings. The Morgan fingerprint density at radius 2 is 2.18 bits per heavy atom. The highest BCUT2D eigenvalue weighted by molar-refractivity contribution is 7.92. The van der Waals surface area contributed by atoms with Crippen LogP contribution in [-0.4, -0.2) is 30.5 Å². The molecule has 0 aromatic carbocycles. The van der Waals surface area contributed by atoms with Crippen molar-refractivity contribution in [3.63, 3.8) is 0 Å². The van der Waals surface area contributed by atoms with Crippen LogP contribution in [-0.2, 0) is 14.6 Å². The third kappa shape index (κ3) is 2.60. The van der Waals surface area contributed by atoms with E-state index in [1.54, 1.807) is 0 Å². The molecule has 0 aliphatic carbocycles. The van der Waals surface area contributed by atoms with Gasteiger partial charge in [0.2, 0.25) is 0 Å². The van der Waals surface area contributed by atoms with Gasteiger partial charge in [0.1, 0.15) is 5.75 Å². The molecule has 1 unspecified atom stereocenters. The van der Waals surface area contributed by atoms with E-state index in [1.165, 1.54) is 0 Å². The van der Waals surface area contributed by atoms with Gasteiger partial charge in [-0.05, 0) is 6.92 Å². The summed E-state index contributed by atoms with van der Waals surface area (Å²) in [7, 11) is -3.65.